The van der Waals surface area contributed by atoms with Gasteiger partial charge in [0.2, 0.25) is 0 Å². The average Bonchev–Trinajstić information content (AvgIpc) is 2.47. The molecule has 0 radical (unpaired) electrons. The van der Waals surface area contributed by atoms with Crippen LogP contribution in [-0.4, -0.2) is 11.1 Å². The van der Waals surface area contributed by atoms with Crippen LogP contribution in [-0.2, 0) is 0 Å². The molecule has 0 atom stereocenters. The Bertz CT molecular complexity index is 759. The van der Waals surface area contributed by atoms with Crippen molar-refractivity contribution in [3.8, 4) is 6.07 Å². The van der Waals surface area contributed by atoms with E-state index in [1.54, 1.807) is 36.4 Å². The number of carbonyl (C=O) groups is 1. The van der Waals surface area contributed by atoms with Crippen LogP contribution < -0.4 is 0 Å². The van der Waals surface area contributed by atoms with Gasteiger partial charge in [0.05, 0.1) is 17.2 Å². The van der Waals surface area contributed by atoms with Crippen LogP contribution in [0.2, 0.25) is 10.0 Å². The fourth-order valence-electron chi connectivity index (χ4n) is 1.75. The van der Waals surface area contributed by atoms with Crippen molar-refractivity contribution in [3.63, 3.8) is 0 Å². The number of nitrogens with zero attached hydrogens (tertiary/aromatic N) is 1. The zero-order valence-electron chi connectivity index (χ0n) is 10.7. The van der Waals surface area contributed by atoms with Crippen LogP contribution in [0.25, 0.3) is 11.6 Å². The van der Waals surface area contributed by atoms with Gasteiger partial charge < -0.3 is 5.11 Å². The van der Waals surface area contributed by atoms with Crippen molar-refractivity contribution in [1.29, 1.82) is 5.26 Å². The highest BCUT2D eigenvalue weighted by Crippen LogP contribution is 2.25. The molecular weight excluding hydrogens is 309 g/mol. The van der Waals surface area contributed by atoms with E-state index in [9.17, 15) is 10.1 Å². The maximum Gasteiger partial charge on any atom is 0.335 e. The topological polar surface area (TPSA) is 61.1 Å². The average molecular weight is 318 g/mol. The minimum absolute atomic E-state index is 0.167. The molecule has 1 N–H and O–H groups in total. The van der Waals surface area contributed by atoms with E-state index in [0.29, 0.717) is 26.7 Å². The summed E-state index contributed by atoms with van der Waals surface area (Å²) < 4.78 is 0. The van der Waals surface area contributed by atoms with Crippen molar-refractivity contribution < 1.29 is 9.90 Å². The number of nitriles is 1. The van der Waals surface area contributed by atoms with E-state index < -0.39 is 5.97 Å². The number of benzene rings is 2. The fraction of sp³-hybridized carbons (Fsp3) is 0. The number of hydrogen-bond acceptors (Lipinski definition) is 2. The lowest BCUT2D eigenvalue weighted by Gasteiger charge is -2.03. The molecule has 0 spiro atoms. The standard InChI is InChI=1S/C16H9Cl2NO2/c17-14-6-5-12(15(18)8-14)7-13(9-19)10-1-3-11(4-2-10)16(20)21/h1-8H,(H,20,21)/b13-7+. The van der Waals surface area contributed by atoms with Crippen molar-refractivity contribution >= 4 is 40.8 Å². The van der Waals surface area contributed by atoms with Crippen molar-refractivity contribution in [1.82, 2.24) is 0 Å². The summed E-state index contributed by atoms with van der Waals surface area (Å²) in [6, 6.07) is 13.1. The van der Waals surface area contributed by atoms with Gasteiger partial charge in [0.25, 0.3) is 0 Å². The third kappa shape index (κ3) is 3.63. The van der Waals surface area contributed by atoms with Gasteiger partial charge in [-0.2, -0.15) is 5.26 Å². The molecular formula is C16H9Cl2NO2. The fourth-order valence-corrected chi connectivity index (χ4v) is 2.21. The van der Waals surface area contributed by atoms with Crippen LogP contribution in [0.5, 0.6) is 0 Å². The summed E-state index contributed by atoms with van der Waals surface area (Å²) in [5.74, 6) is -1.01. The van der Waals surface area contributed by atoms with Crippen molar-refractivity contribution in [2.75, 3.05) is 0 Å². The van der Waals surface area contributed by atoms with Crippen LogP contribution in [0.15, 0.2) is 42.5 Å². The predicted molar refractivity (Wildman–Crippen MR) is 83.3 cm³/mol. The molecule has 0 saturated heterocycles. The molecule has 2 rings (SSSR count). The molecule has 5 heteroatoms. The lowest BCUT2D eigenvalue weighted by Crippen LogP contribution is -1.95. The zero-order valence-corrected chi connectivity index (χ0v) is 12.2. The SMILES string of the molecule is N#C/C(=C\c1ccc(Cl)cc1Cl)c1ccc(C(=O)O)cc1. The Morgan fingerprint density at radius 3 is 2.24 bits per heavy atom. The van der Waals surface area contributed by atoms with Crippen LogP contribution in [0.1, 0.15) is 21.5 Å². The van der Waals surface area contributed by atoms with E-state index in [2.05, 4.69) is 6.07 Å². The molecule has 3 nitrogen and oxygen atoms in total. The van der Waals surface area contributed by atoms with Crippen LogP contribution in [0, 0.1) is 11.3 Å². The lowest BCUT2D eigenvalue weighted by molar-refractivity contribution is 0.0697. The Balaban J connectivity index is 2.41. The maximum atomic E-state index is 10.8. The van der Waals surface area contributed by atoms with Crippen LogP contribution >= 0.6 is 23.2 Å². The highest BCUT2D eigenvalue weighted by atomic mass is 35.5. The largest absolute Gasteiger partial charge is 0.478 e. The van der Waals surface area contributed by atoms with Gasteiger partial charge in [-0.25, -0.2) is 4.79 Å². The highest BCUT2D eigenvalue weighted by Gasteiger charge is 2.06. The monoisotopic (exact) mass is 317 g/mol. The van der Waals surface area contributed by atoms with Gasteiger partial charge in [0.15, 0.2) is 0 Å². The van der Waals surface area contributed by atoms with E-state index in [1.165, 1.54) is 12.1 Å². The van der Waals surface area contributed by atoms with Crippen molar-refractivity contribution in [3.05, 3.63) is 69.2 Å². The molecule has 21 heavy (non-hydrogen) atoms. The molecule has 0 aliphatic carbocycles. The first-order valence-corrected chi connectivity index (χ1v) is 6.67. The zero-order chi connectivity index (χ0) is 15.4. The maximum absolute atomic E-state index is 10.8. The quantitative estimate of drug-likeness (QED) is 0.656. The Labute approximate surface area is 131 Å². The van der Waals surface area contributed by atoms with Crippen LogP contribution in [0.3, 0.4) is 0 Å². The van der Waals surface area contributed by atoms with Gasteiger partial charge in [-0.1, -0.05) is 41.4 Å². The number of rotatable bonds is 3. The summed E-state index contributed by atoms with van der Waals surface area (Å²) in [5.41, 5.74) is 1.84. The second-order valence-electron chi connectivity index (χ2n) is 4.22. The predicted octanol–water partition coefficient (Wildman–Crippen LogP) is 4.76. The molecule has 0 saturated carbocycles. The second-order valence-corrected chi connectivity index (χ2v) is 5.06. The third-order valence-electron chi connectivity index (χ3n) is 2.83. The summed E-state index contributed by atoms with van der Waals surface area (Å²) in [7, 11) is 0. The number of carboxylic acids is 1. The molecule has 0 aliphatic rings. The number of aromatic carboxylic acids is 1. The van der Waals surface area contributed by atoms with Gasteiger partial charge in [0, 0.05) is 10.0 Å². The molecule has 0 aromatic heterocycles. The van der Waals surface area contributed by atoms with E-state index >= 15 is 0 Å². The Kier molecular flexibility index (Phi) is 4.64. The molecule has 0 fully saturated rings. The van der Waals surface area contributed by atoms with E-state index in [1.807, 2.05) is 0 Å². The van der Waals surface area contributed by atoms with E-state index in [-0.39, 0.29) is 5.56 Å². The third-order valence-corrected chi connectivity index (χ3v) is 3.39. The van der Waals surface area contributed by atoms with Crippen molar-refractivity contribution in [2.24, 2.45) is 0 Å². The molecule has 0 bridgehead atoms. The molecule has 2 aromatic rings. The van der Waals surface area contributed by atoms with Gasteiger partial charge in [-0.05, 0) is 41.5 Å². The molecule has 0 heterocycles. The lowest BCUT2D eigenvalue weighted by atomic mass is 10.0. The van der Waals surface area contributed by atoms with Gasteiger partial charge in [-0.15, -0.1) is 0 Å². The van der Waals surface area contributed by atoms with Gasteiger partial charge >= 0.3 is 5.97 Å². The smallest absolute Gasteiger partial charge is 0.335 e. The molecule has 0 amide bonds. The molecule has 0 aliphatic heterocycles. The Morgan fingerprint density at radius 1 is 1.10 bits per heavy atom. The minimum Gasteiger partial charge on any atom is -0.478 e. The number of hydrogen-bond donors (Lipinski definition) is 1. The summed E-state index contributed by atoms with van der Waals surface area (Å²) in [6.07, 6.45) is 1.63. The summed E-state index contributed by atoms with van der Waals surface area (Å²) in [6.45, 7) is 0. The summed E-state index contributed by atoms with van der Waals surface area (Å²) in [4.78, 5) is 10.8. The van der Waals surface area contributed by atoms with Gasteiger partial charge in [0.1, 0.15) is 0 Å². The van der Waals surface area contributed by atoms with Gasteiger partial charge in [-0.3, -0.25) is 0 Å². The highest BCUT2D eigenvalue weighted by molar-refractivity contribution is 6.35. The molecule has 0 unspecified atom stereocenters. The Morgan fingerprint density at radius 2 is 1.71 bits per heavy atom. The first-order chi connectivity index (χ1) is 10.0. The van der Waals surface area contributed by atoms with E-state index in [0.717, 1.165) is 0 Å². The minimum atomic E-state index is -1.01. The first kappa shape index (κ1) is 15.1. The summed E-state index contributed by atoms with van der Waals surface area (Å²) in [5, 5.41) is 19.1. The molecule has 2 aromatic carbocycles. The number of halogens is 2. The number of carboxylic acid groups (broad SMARTS) is 1. The first-order valence-electron chi connectivity index (χ1n) is 5.92. The van der Waals surface area contributed by atoms with E-state index in [4.69, 9.17) is 28.3 Å². The van der Waals surface area contributed by atoms with Crippen molar-refractivity contribution in [2.45, 2.75) is 0 Å². The summed E-state index contributed by atoms with van der Waals surface area (Å²) >= 11 is 11.9. The normalized spacial score (nSPS) is 11.0. The Hall–Kier alpha value is -2.28. The van der Waals surface area contributed by atoms with Crippen LogP contribution in [0.4, 0.5) is 0 Å². The second kappa shape index (κ2) is 6.45. The number of allylic oxidation sites excluding steroid dienone is 1. The molecule has 104 valence electrons.